The molecule has 0 aromatic heterocycles. The number of rotatable bonds is 7. The molecule has 5 saturated carbocycles. The Morgan fingerprint density at radius 3 is 2.31 bits per heavy atom. The van der Waals surface area contributed by atoms with Crippen LogP contribution in [0.5, 0.6) is 0 Å². The van der Waals surface area contributed by atoms with Crippen LogP contribution in [0.3, 0.4) is 0 Å². The molecule has 0 aliphatic heterocycles. The minimum Gasteiger partial charge on any atom is -0.465 e. The number of esters is 2. The maximum atomic E-state index is 14.4. The summed E-state index contributed by atoms with van der Waals surface area (Å²) in [6.07, 6.45) is 4.47. The lowest BCUT2D eigenvalue weighted by atomic mass is 9.34. The molecule has 5 aliphatic carbocycles. The predicted molar refractivity (Wildman–Crippen MR) is 128 cm³/mol. The summed E-state index contributed by atoms with van der Waals surface area (Å²) in [4.78, 5) is 52.0. The summed E-state index contributed by atoms with van der Waals surface area (Å²) in [6.45, 7) is 8.20. The lowest BCUT2D eigenvalue weighted by Gasteiger charge is -2.68. The minimum atomic E-state index is -3.89. The average Bonchev–Trinajstić information content (AvgIpc) is 2.79. The van der Waals surface area contributed by atoms with E-state index < -0.39 is 56.7 Å². The average molecular weight is 525 g/mol. The Kier molecular flexibility index (Phi) is 6.78. The lowest BCUT2D eigenvalue weighted by Crippen LogP contribution is -2.72. The molecule has 0 saturated heterocycles. The van der Waals surface area contributed by atoms with Crippen molar-refractivity contribution in [2.75, 3.05) is 26.1 Å². The Morgan fingerprint density at radius 1 is 1.06 bits per heavy atom. The van der Waals surface area contributed by atoms with Crippen molar-refractivity contribution in [3.8, 4) is 0 Å². The molecule has 0 heterocycles. The zero-order valence-corrected chi connectivity index (χ0v) is 22.3. The van der Waals surface area contributed by atoms with Gasteiger partial charge in [-0.05, 0) is 55.4 Å². The normalized spacial score (nSPS) is 39.8. The van der Waals surface area contributed by atoms with Crippen molar-refractivity contribution in [2.24, 2.45) is 39.9 Å². The third kappa shape index (κ3) is 4.14. The lowest BCUT2D eigenvalue weighted by molar-refractivity contribution is -0.222. The molecule has 0 aromatic rings. The second kappa shape index (κ2) is 9.04. The van der Waals surface area contributed by atoms with Crippen LogP contribution < -0.4 is 0 Å². The van der Waals surface area contributed by atoms with Gasteiger partial charge in [-0.3, -0.25) is 23.4 Å². The first kappa shape index (κ1) is 27.0. The van der Waals surface area contributed by atoms with Gasteiger partial charge < -0.3 is 9.47 Å². The minimum absolute atomic E-state index is 0.00418. The summed E-state index contributed by atoms with van der Waals surface area (Å²) in [7, 11) is -3.89. The Hall–Kier alpha value is -2.07. The van der Waals surface area contributed by atoms with E-state index in [4.69, 9.17) is 13.7 Å². The molecule has 36 heavy (non-hydrogen) atoms. The Labute approximate surface area is 212 Å². The SMILES string of the molecule is C=C1C(=O)C23CC[C@@H]1CC2[C@]1(COC(C)=O)CCC[C@@](C)(COC(C)=O)C1[C@H](COS(C)(=O)=O)C3=O. The van der Waals surface area contributed by atoms with Gasteiger partial charge in [-0.15, -0.1) is 0 Å². The molecule has 10 heteroatoms. The van der Waals surface area contributed by atoms with Gasteiger partial charge in [-0.25, -0.2) is 0 Å². The Balaban J connectivity index is 1.92. The van der Waals surface area contributed by atoms with Crippen LogP contribution in [0.15, 0.2) is 12.2 Å². The monoisotopic (exact) mass is 524 g/mol. The van der Waals surface area contributed by atoms with Crippen LogP contribution in [0.1, 0.15) is 59.3 Å². The third-order valence-corrected chi connectivity index (χ3v) is 10.0. The van der Waals surface area contributed by atoms with Gasteiger partial charge in [0.05, 0.1) is 31.5 Å². The smallest absolute Gasteiger partial charge is 0.302 e. The first-order valence-corrected chi connectivity index (χ1v) is 14.4. The molecule has 9 nitrogen and oxygen atoms in total. The number of ether oxygens (including phenoxy) is 2. The van der Waals surface area contributed by atoms with E-state index in [0.717, 1.165) is 12.7 Å². The van der Waals surface area contributed by atoms with Crippen LogP contribution in [0.4, 0.5) is 0 Å². The van der Waals surface area contributed by atoms with Crippen molar-refractivity contribution in [2.45, 2.75) is 59.3 Å². The number of allylic oxidation sites excluding steroid dienone is 1. The van der Waals surface area contributed by atoms with Crippen LogP contribution in [0.2, 0.25) is 0 Å². The standard InChI is InChI=1S/C26H36O9S/c1-15-18-7-10-26(22(15)29)20(11-18)25(14-34-17(3)28)9-6-8-24(4,13-33-16(2)27)21(25)19(23(26)30)12-35-36(5,31)32/h18-21H,1,6-14H2,2-5H3/t18-,19+,20?,21?,24+,25-,26?/m1/s1. The van der Waals surface area contributed by atoms with Crippen LogP contribution >= 0.6 is 0 Å². The second-order valence-electron chi connectivity index (χ2n) is 11.6. The Morgan fingerprint density at radius 2 is 1.69 bits per heavy atom. The molecule has 1 spiro atoms. The third-order valence-electron chi connectivity index (χ3n) is 9.44. The van der Waals surface area contributed by atoms with Crippen molar-refractivity contribution in [3.05, 3.63) is 12.2 Å². The van der Waals surface area contributed by atoms with Crippen LogP contribution in [0, 0.1) is 39.9 Å². The van der Waals surface area contributed by atoms with Gasteiger partial charge in [0.15, 0.2) is 11.6 Å². The van der Waals surface area contributed by atoms with E-state index in [2.05, 4.69) is 6.58 Å². The van der Waals surface area contributed by atoms with Gasteiger partial charge in [-0.1, -0.05) is 19.9 Å². The molecular weight excluding hydrogens is 488 g/mol. The van der Waals surface area contributed by atoms with Gasteiger partial charge >= 0.3 is 11.9 Å². The topological polar surface area (TPSA) is 130 Å². The van der Waals surface area contributed by atoms with E-state index in [9.17, 15) is 27.6 Å². The summed E-state index contributed by atoms with van der Waals surface area (Å²) in [5.74, 6) is -3.43. The highest BCUT2D eigenvalue weighted by Crippen LogP contribution is 2.71. The number of Topliss-reactive ketones (excluding diaryl/α,β-unsaturated/α-hetero) is 2. The molecule has 7 atom stereocenters. The van der Waals surface area contributed by atoms with Crippen molar-refractivity contribution in [3.63, 3.8) is 0 Å². The highest BCUT2D eigenvalue weighted by molar-refractivity contribution is 7.85. The van der Waals surface area contributed by atoms with Crippen molar-refractivity contribution in [1.82, 2.24) is 0 Å². The van der Waals surface area contributed by atoms with E-state index >= 15 is 0 Å². The maximum Gasteiger partial charge on any atom is 0.302 e. The number of hydrogen-bond donors (Lipinski definition) is 0. The summed E-state index contributed by atoms with van der Waals surface area (Å²) in [5.41, 5.74) is -2.39. The number of ketones is 2. The molecule has 2 bridgehead atoms. The van der Waals surface area contributed by atoms with E-state index in [0.29, 0.717) is 37.7 Å². The number of fused-ring (bicyclic) bond motifs is 3. The quantitative estimate of drug-likeness (QED) is 0.213. The van der Waals surface area contributed by atoms with Crippen molar-refractivity contribution >= 4 is 33.6 Å². The highest BCUT2D eigenvalue weighted by atomic mass is 32.2. The van der Waals surface area contributed by atoms with Crippen LogP contribution in [-0.4, -0.2) is 58.0 Å². The summed E-state index contributed by atoms with van der Waals surface area (Å²) < 4.78 is 40.4. The van der Waals surface area contributed by atoms with Crippen molar-refractivity contribution < 1.29 is 41.3 Å². The molecule has 0 N–H and O–H groups in total. The summed E-state index contributed by atoms with van der Waals surface area (Å²) in [6, 6.07) is 0. The van der Waals surface area contributed by atoms with E-state index in [1.165, 1.54) is 13.8 Å². The van der Waals surface area contributed by atoms with E-state index in [1.807, 2.05) is 6.92 Å². The zero-order valence-electron chi connectivity index (χ0n) is 21.5. The summed E-state index contributed by atoms with van der Waals surface area (Å²) in [5, 5.41) is 0. The van der Waals surface area contributed by atoms with Gasteiger partial charge in [0, 0.05) is 30.6 Å². The molecule has 5 aliphatic rings. The van der Waals surface area contributed by atoms with E-state index in [-0.39, 0.29) is 36.6 Å². The first-order chi connectivity index (χ1) is 16.7. The number of carbonyl (C=O) groups excluding carboxylic acids is 4. The van der Waals surface area contributed by atoms with Crippen LogP contribution in [-0.2, 0) is 43.0 Å². The molecule has 0 amide bonds. The fourth-order valence-electron chi connectivity index (χ4n) is 8.25. The molecular formula is C26H36O9S. The number of carbonyl (C=O) groups is 4. The predicted octanol–water partition coefficient (Wildman–Crippen LogP) is 2.62. The molecule has 3 unspecified atom stereocenters. The van der Waals surface area contributed by atoms with Crippen molar-refractivity contribution in [1.29, 1.82) is 0 Å². The molecule has 0 radical (unpaired) electrons. The molecule has 200 valence electrons. The second-order valence-corrected chi connectivity index (χ2v) is 13.2. The van der Waals surface area contributed by atoms with Crippen LogP contribution in [0.25, 0.3) is 0 Å². The largest absolute Gasteiger partial charge is 0.465 e. The maximum absolute atomic E-state index is 14.4. The van der Waals surface area contributed by atoms with Gasteiger partial charge in [0.2, 0.25) is 0 Å². The molecule has 5 fully saturated rings. The molecule has 0 aromatic carbocycles. The Bertz CT molecular complexity index is 1110. The molecule has 5 rings (SSSR count). The first-order valence-electron chi connectivity index (χ1n) is 12.6. The number of hydrogen-bond acceptors (Lipinski definition) is 9. The zero-order chi connectivity index (χ0) is 26.7. The summed E-state index contributed by atoms with van der Waals surface area (Å²) >= 11 is 0. The fourth-order valence-corrected chi connectivity index (χ4v) is 8.65. The van der Waals surface area contributed by atoms with Gasteiger partial charge in [-0.2, -0.15) is 8.42 Å². The highest BCUT2D eigenvalue weighted by Gasteiger charge is 2.74. The van der Waals surface area contributed by atoms with E-state index in [1.54, 1.807) is 0 Å². The van der Waals surface area contributed by atoms with Gasteiger partial charge in [0.25, 0.3) is 10.1 Å². The van der Waals surface area contributed by atoms with Gasteiger partial charge in [0.1, 0.15) is 0 Å². The fraction of sp³-hybridized carbons (Fsp3) is 0.769.